The third kappa shape index (κ3) is 2.95. The van der Waals surface area contributed by atoms with E-state index in [0.29, 0.717) is 17.9 Å². The van der Waals surface area contributed by atoms with E-state index < -0.39 is 5.60 Å². The Bertz CT molecular complexity index is 1080. The van der Waals surface area contributed by atoms with Crippen LogP contribution in [0.1, 0.15) is 49.4 Å². The summed E-state index contributed by atoms with van der Waals surface area (Å²) in [6.07, 6.45) is 4.25. The Morgan fingerprint density at radius 3 is 2.58 bits per heavy atom. The molecule has 1 heterocycles. The number of piperidine rings is 1. The van der Waals surface area contributed by atoms with Crippen LogP contribution in [0.15, 0.2) is 30.3 Å². The molecule has 7 bridgehead atoms. The van der Waals surface area contributed by atoms with Crippen LogP contribution < -0.4 is 0 Å². The minimum Gasteiger partial charge on any atom is -0.458 e. The van der Waals surface area contributed by atoms with Gasteiger partial charge in [-0.1, -0.05) is 25.1 Å². The van der Waals surface area contributed by atoms with Crippen LogP contribution >= 0.6 is 0 Å². The zero-order valence-corrected chi connectivity index (χ0v) is 23.2. The Balaban J connectivity index is 1.38. The maximum absolute atomic E-state index is 13.4. The number of esters is 1. The highest BCUT2D eigenvalue weighted by atomic mass is 16.6. The van der Waals surface area contributed by atoms with Crippen molar-refractivity contribution in [2.75, 3.05) is 41.0 Å². The second kappa shape index (κ2) is 8.74. The molecule has 0 amide bonds. The van der Waals surface area contributed by atoms with Crippen molar-refractivity contribution in [2.24, 2.45) is 40.4 Å². The molecule has 38 heavy (non-hydrogen) atoms. The highest BCUT2D eigenvalue weighted by Gasteiger charge is 2.84. The van der Waals surface area contributed by atoms with Gasteiger partial charge in [0, 0.05) is 68.9 Å². The molecule has 1 spiro atoms. The smallest absolute Gasteiger partial charge is 0.338 e. The number of aliphatic hydroxyl groups is 1. The van der Waals surface area contributed by atoms with Gasteiger partial charge in [-0.2, -0.15) is 0 Å². The third-order valence-corrected chi connectivity index (χ3v) is 12.4. The standard InChI is InChI=1S/C31H43NO6/c1-5-32-16-29(17-35-2)12-11-24(37-4)31-20-13-19-22(36-3)15-30(34,21(27(31)32)14-23(29)31)25(20)26(19)38-28(33)18-9-7-6-8-10-18/h6-10,19-27,34H,5,11-17H2,1-4H3/t19-,20?,21-,22+,23?,24+,25?,26+,27?,29+,30+,31-/m1/s1. The van der Waals surface area contributed by atoms with Gasteiger partial charge in [-0.25, -0.2) is 4.79 Å². The Morgan fingerprint density at radius 2 is 1.89 bits per heavy atom. The molecule has 6 aliphatic rings. The summed E-state index contributed by atoms with van der Waals surface area (Å²) in [7, 11) is 5.47. The second-order valence-corrected chi connectivity index (χ2v) is 13.2. The van der Waals surface area contributed by atoms with Gasteiger partial charge in [-0.05, 0) is 56.2 Å². The van der Waals surface area contributed by atoms with Crippen molar-refractivity contribution in [3.63, 3.8) is 0 Å². The summed E-state index contributed by atoms with van der Waals surface area (Å²) >= 11 is 0. The molecule has 208 valence electrons. The minimum absolute atomic E-state index is 0.0645. The number of nitrogens with zero attached hydrogens (tertiary/aromatic N) is 1. The largest absolute Gasteiger partial charge is 0.458 e. The molecule has 1 aliphatic heterocycles. The van der Waals surface area contributed by atoms with Crippen molar-refractivity contribution in [3.8, 4) is 0 Å². The second-order valence-electron chi connectivity index (χ2n) is 13.2. The maximum Gasteiger partial charge on any atom is 0.338 e. The highest BCUT2D eigenvalue weighted by molar-refractivity contribution is 5.89. The maximum atomic E-state index is 13.4. The first-order valence-electron chi connectivity index (χ1n) is 14.7. The number of ether oxygens (including phenoxy) is 4. The number of fused-ring (bicyclic) bond motifs is 2. The fourth-order valence-electron chi connectivity index (χ4n) is 11.5. The number of hydrogen-bond acceptors (Lipinski definition) is 7. The molecule has 5 aliphatic carbocycles. The molecule has 7 heteroatoms. The summed E-state index contributed by atoms with van der Waals surface area (Å²) in [5, 5.41) is 12.9. The van der Waals surface area contributed by atoms with Crippen LogP contribution in [0.25, 0.3) is 0 Å². The Kier molecular flexibility index (Phi) is 5.86. The summed E-state index contributed by atoms with van der Waals surface area (Å²) in [4.78, 5) is 16.1. The zero-order chi connectivity index (χ0) is 26.4. The Morgan fingerprint density at radius 1 is 1.11 bits per heavy atom. The average Bonchev–Trinajstić information content (AvgIpc) is 3.38. The van der Waals surface area contributed by atoms with E-state index in [1.807, 2.05) is 44.6 Å². The predicted octanol–water partition coefficient (Wildman–Crippen LogP) is 3.40. The van der Waals surface area contributed by atoms with Gasteiger partial charge >= 0.3 is 5.97 Å². The van der Waals surface area contributed by atoms with Crippen LogP contribution in [0, 0.1) is 40.4 Å². The van der Waals surface area contributed by atoms with Crippen LogP contribution in [-0.4, -0.2) is 87.0 Å². The molecular formula is C31H43NO6. The van der Waals surface area contributed by atoms with Gasteiger partial charge in [-0.15, -0.1) is 0 Å². The van der Waals surface area contributed by atoms with Crippen molar-refractivity contribution in [1.29, 1.82) is 0 Å². The Labute approximate surface area is 226 Å². The lowest BCUT2D eigenvalue weighted by Crippen LogP contribution is -2.76. The van der Waals surface area contributed by atoms with Crippen molar-refractivity contribution < 1.29 is 28.8 Å². The molecule has 7 nitrogen and oxygen atoms in total. The number of carbonyl (C=O) groups excluding carboxylic acids is 1. The Hall–Kier alpha value is -1.51. The van der Waals surface area contributed by atoms with Crippen molar-refractivity contribution >= 4 is 5.97 Å². The molecule has 6 fully saturated rings. The highest BCUT2D eigenvalue weighted by Crippen LogP contribution is 2.79. The first-order valence-corrected chi connectivity index (χ1v) is 14.7. The third-order valence-electron chi connectivity index (χ3n) is 12.4. The minimum atomic E-state index is -0.942. The lowest BCUT2D eigenvalue weighted by Gasteiger charge is -2.69. The van der Waals surface area contributed by atoms with E-state index >= 15 is 0 Å². The van der Waals surface area contributed by atoms with E-state index in [1.165, 1.54) is 0 Å². The van der Waals surface area contributed by atoms with Crippen molar-refractivity contribution in [1.82, 2.24) is 4.90 Å². The quantitative estimate of drug-likeness (QED) is 0.547. The fourth-order valence-corrected chi connectivity index (χ4v) is 11.5. The summed E-state index contributed by atoms with van der Waals surface area (Å²) in [6, 6.07) is 9.52. The van der Waals surface area contributed by atoms with Crippen molar-refractivity contribution in [3.05, 3.63) is 35.9 Å². The predicted molar refractivity (Wildman–Crippen MR) is 141 cm³/mol. The monoisotopic (exact) mass is 525 g/mol. The fraction of sp³-hybridized carbons (Fsp3) is 0.774. The topological polar surface area (TPSA) is 77.5 Å². The molecule has 1 saturated heterocycles. The SMILES string of the molecule is CCN1C[C@]2(COC)CC[C@H](OC)[C@@]34C5C[C@@H]6[C@@H](OC)C[C@@](O)(C5[C@H]6OC(=O)c5ccccc5)[C@H](CC23)C14. The molecule has 0 aromatic heterocycles. The molecule has 1 aromatic carbocycles. The lowest BCUT2D eigenvalue weighted by atomic mass is 9.43. The molecule has 0 radical (unpaired) electrons. The summed E-state index contributed by atoms with van der Waals surface area (Å²) < 4.78 is 24.9. The van der Waals surface area contributed by atoms with Gasteiger partial charge in [0.15, 0.2) is 0 Å². The average molecular weight is 526 g/mol. The lowest BCUT2D eigenvalue weighted by molar-refractivity contribution is -0.276. The zero-order valence-electron chi connectivity index (χ0n) is 23.2. The van der Waals surface area contributed by atoms with Gasteiger partial charge in [-0.3, -0.25) is 4.90 Å². The first kappa shape index (κ1) is 25.5. The van der Waals surface area contributed by atoms with Gasteiger partial charge in [0.2, 0.25) is 0 Å². The van der Waals surface area contributed by atoms with Crippen molar-refractivity contribution in [2.45, 2.75) is 69.0 Å². The first-order chi connectivity index (χ1) is 18.4. The molecular weight excluding hydrogens is 482 g/mol. The van der Waals surface area contributed by atoms with E-state index in [-0.39, 0.29) is 64.8 Å². The van der Waals surface area contributed by atoms with Crippen LogP contribution in [0.4, 0.5) is 0 Å². The van der Waals surface area contributed by atoms with Gasteiger partial charge < -0.3 is 24.1 Å². The molecule has 1 aromatic rings. The van der Waals surface area contributed by atoms with E-state index in [1.54, 1.807) is 7.11 Å². The van der Waals surface area contributed by atoms with Crippen LogP contribution in [0.2, 0.25) is 0 Å². The number of likely N-dealkylation sites (tertiary alicyclic amines) is 1. The number of carbonyl (C=O) groups is 1. The van der Waals surface area contributed by atoms with Crippen LogP contribution in [-0.2, 0) is 18.9 Å². The molecule has 7 rings (SSSR count). The van der Waals surface area contributed by atoms with E-state index in [9.17, 15) is 9.90 Å². The van der Waals surface area contributed by atoms with Crippen LogP contribution in [0.3, 0.4) is 0 Å². The van der Waals surface area contributed by atoms with Crippen LogP contribution in [0.5, 0.6) is 0 Å². The molecule has 1 N–H and O–H groups in total. The summed E-state index contributed by atoms with van der Waals surface area (Å²) in [6.45, 7) is 4.99. The number of hydrogen-bond donors (Lipinski definition) is 1. The summed E-state index contributed by atoms with van der Waals surface area (Å²) in [5.74, 6) is 0.395. The van der Waals surface area contributed by atoms with E-state index in [2.05, 4.69) is 11.8 Å². The van der Waals surface area contributed by atoms with E-state index in [0.717, 1.165) is 45.4 Å². The van der Waals surface area contributed by atoms with E-state index in [4.69, 9.17) is 18.9 Å². The number of benzene rings is 1. The number of methoxy groups -OCH3 is 3. The van der Waals surface area contributed by atoms with Gasteiger partial charge in [0.1, 0.15) is 6.10 Å². The summed E-state index contributed by atoms with van der Waals surface area (Å²) in [5.41, 5.74) is -0.405. The number of rotatable bonds is 7. The normalized spacial score (nSPS) is 50.2. The van der Waals surface area contributed by atoms with Gasteiger partial charge in [0.25, 0.3) is 0 Å². The molecule has 12 atom stereocenters. The molecule has 5 saturated carbocycles. The molecule has 4 unspecified atom stereocenters. The van der Waals surface area contributed by atoms with Gasteiger partial charge in [0.05, 0.1) is 30.0 Å².